The van der Waals surface area contributed by atoms with E-state index in [1.54, 1.807) is 0 Å². The summed E-state index contributed by atoms with van der Waals surface area (Å²) in [4.78, 5) is 17.7. The zero-order valence-corrected chi connectivity index (χ0v) is 11.2. The van der Waals surface area contributed by atoms with Gasteiger partial charge in [-0.1, -0.05) is 0 Å². The summed E-state index contributed by atoms with van der Waals surface area (Å²) in [7, 11) is -4.79. The van der Waals surface area contributed by atoms with Gasteiger partial charge in [-0.15, -0.1) is 0 Å². The van der Waals surface area contributed by atoms with Crippen LogP contribution in [0.3, 0.4) is 0 Å². The van der Waals surface area contributed by atoms with Gasteiger partial charge < -0.3 is 1.43 Å². The van der Waals surface area contributed by atoms with E-state index in [2.05, 4.69) is 0 Å². The first-order valence-electron chi connectivity index (χ1n) is 3.64. The third-order valence-corrected chi connectivity index (χ3v) is 2.53. The molecule has 0 aliphatic heterocycles. The molecule has 1 aromatic carbocycles. The van der Waals surface area contributed by atoms with Gasteiger partial charge in [-0.2, -0.15) is 8.42 Å². The third kappa shape index (κ3) is 3.71. The normalized spacial score (nSPS) is 10.4. The summed E-state index contributed by atoms with van der Waals surface area (Å²) in [6, 6.07) is 1.81. The van der Waals surface area contributed by atoms with E-state index >= 15 is 0 Å². The molecule has 1 N–H and O–H groups in total. The zero-order valence-electron chi connectivity index (χ0n) is 9.43. The first kappa shape index (κ1) is 15.9. The van der Waals surface area contributed by atoms with Crippen molar-refractivity contribution in [1.82, 2.24) is 0 Å². The van der Waals surface area contributed by atoms with Crippen molar-refractivity contribution in [3.8, 4) is 0 Å². The van der Waals surface area contributed by atoms with E-state index in [4.69, 9.17) is 4.55 Å². The minimum Gasteiger partial charge on any atom is -1.00 e. The van der Waals surface area contributed by atoms with Crippen molar-refractivity contribution >= 4 is 21.5 Å². The standard InChI is InChI=1S/C6H4N2O7S.Na.H/c9-7(10)4-1-2-6(16(13,14)15)5(3-4)8(11)12;;/h1-3H,(H,13,14,15);;/q;+1;-1. The van der Waals surface area contributed by atoms with Crippen LogP contribution in [-0.4, -0.2) is 22.8 Å². The Bertz CT molecular complexity index is 575. The topological polar surface area (TPSA) is 141 Å². The molecular weight excluding hydrogens is 267 g/mol. The van der Waals surface area contributed by atoms with Gasteiger partial charge in [-0.3, -0.25) is 24.8 Å². The number of benzene rings is 1. The molecule has 0 bridgehead atoms. The predicted octanol–water partition coefficient (Wildman–Crippen LogP) is -2.13. The van der Waals surface area contributed by atoms with Crippen LogP contribution in [0.5, 0.6) is 0 Å². The number of hydrogen-bond donors (Lipinski definition) is 1. The summed E-state index contributed by atoms with van der Waals surface area (Å²) < 4.78 is 30.1. The quantitative estimate of drug-likeness (QED) is 0.286. The van der Waals surface area contributed by atoms with Crippen molar-refractivity contribution in [2.75, 3.05) is 0 Å². The van der Waals surface area contributed by atoms with Crippen molar-refractivity contribution in [2.24, 2.45) is 0 Å². The molecule has 0 spiro atoms. The van der Waals surface area contributed by atoms with Gasteiger partial charge in [0.05, 0.1) is 15.9 Å². The van der Waals surface area contributed by atoms with E-state index < -0.39 is 36.2 Å². The number of nitro groups is 2. The smallest absolute Gasteiger partial charge is 1.00 e. The average Bonchev–Trinajstić information content (AvgIpc) is 2.15. The molecule has 11 heteroatoms. The first-order chi connectivity index (χ1) is 7.23. The van der Waals surface area contributed by atoms with Gasteiger partial charge in [0.1, 0.15) is 0 Å². The van der Waals surface area contributed by atoms with Gasteiger partial charge in [-0.05, 0) is 6.07 Å². The maximum absolute atomic E-state index is 10.7. The molecule has 0 unspecified atom stereocenters. The number of hydrogen-bond acceptors (Lipinski definition) is 6. The van der Waals surface area contributed by atoms with E-state index in [9.17, 15) is 28.6 Å². The Morgan fingerprint density at radius 2 is 1.71 bits per heavy atom. The molecule has 0 amide bonds. The van der Waals surface area contributed by atoms with Crippen LogP contribution in [0, 0.1) is 20.2 Å². The van der Waals surface area contributed by atoms with Crippen LogP contribution in [0.1, 0.15) is 1.43 Å². The molecule has 0 heterocycles. The summed E-state index contributed by atoms with van der Waals surface area (Å²) in [5.41, 5.74) is -1.68. The van der Waals surface area contributed by atoms with Gasteiger partial charge in [0, 0.05) is 6.07 Å². The van der Waals surface area contributed by atoms with E-state index in [1.165, 1.54) is 0 Å². The van der Waals surface area contributed by atoms with Gasteiger partial charge in [-0.25, -0.2) is 0 Å². The molecule has 1 rings (SSSR count). The van der Waals surface area contributed by atoms with E-state index in [0.717, 1.165) is 6.07 Å². The van der Waals surface area contributed by atoms with E-state index in [1.807, 2.05) is 0 Å². The fraction of sp³-hybridized carbons (Fsp3) is 0. The van der Waals surface area contributed by atoms with Crippen LogP contribution in [-0.2, 0) is 10.1 Å². The van der Waals surface area contributed by atoms with Crippen molar-refractivity contribution in [1.29, 1.82) is 0 Å². The van der Waals surface area contributed by atoms with Gasteiger partial charge >= 0.3 is 39.7 Å². The Morgan fingerprint density at radius 3 is 2.06 bits per heavy atom. The number of rotatable bonds is 3. The van der Waals surface area contributed by atoms with E-state index in [0.29, 0.717) is 12.1 Å². The maximum Gasteiger partial charge on any atom is 1.00 e. The fourth-order valence-electron chi connectivity index (χ4n) is 0.980. The molecule has 0 aliphatic carbocycles. The van der Waals surface area contributed by atoms with Crippen molar-refractivity contribution < 1.29 is 53.8 Å². The molecule has 88 valence electrons. The van der Waals surface area contributed by atoms with Gasteiger partial charge in [0.15, 0.2) is 4.90 Å². The average molecular weight is 272 g/mol. The number of non-ortho nitro benzene ring substituents is 1. The van der Waals surface area contributed by atoms with Crippen molar-refractivity contribution in [2.45, 2.75) is 4.90 Å². The van der Waals surface area contributed by atoms with Gasteiger partial charge in [0.2, 0.25) is 0 Å². The van der Waals surface area contributed by atoms with Crippen LogP contribution in [0.4, 0.5) is 11.4 Å². The molecule has 0 aromatic heterocycles. The Labute approximate surface area is 118 Å². The van der Waals surface area contributed by atoms with Crippen molar-refractivity contribution in [3.05, 3.63) is 38.4 Å². The second-order valence-corrected chi connectivity index (χ2v) is 4.03. The number of nitro benzene ring substituents is 2. The third-order valence-electron chi connectivity index (χ3n) is 1.63. The number of nitrogens with zero attached hydrogens (tertiary/aromatic N) is 2. The molecule has 0 saturated carbocycles. The SMILES string of the molecule is O=[N+]([O-])c1ccc(S(=O)(=O)O)c([N+](=O)[O-])c1.[H-].[Na+]. The monoisotopic (exact) mass is 272 g/mol. The molecule has 17 heavy (non-hydrogen) atoms. The van der Waals surface area contributed by atoms with Crippen LogP contribution in [0.15, 0.2) is 23.1 Å². The van der Waals surface area contributed by atoms with Crippen LogP contribution in [0.2, 0.25) is 0 Å². The maximum atomic E-state index is 10.7. The second-order valence-electron chi connectivity index (χ2n) is 2.64. The van der Waals surface area contributed by atoms with Crippen LogP contribution < -0.4 is 29.6 Å². The molecule has 0 aliphatic rings. The summed E-state index contributed by atoms with van der Waals surface area (Å²) in [6.07, 6.45) is 0. The summed E-state index contributed by atoms with van der Waals surface area (Å²) in [6.45, 7) is 0. The Kier molecular flexibility index (Phi) is 5.16. The molecule has 1 aromatic rings. The Morgan fingerprint density at radius 1 is 1.18 bits per heavy atom. The molecule has 0 radical (unpaired) electrons. The summed E-state index contributed by atoms with van der Waals surface area (Å²) in [5.74, 6) is 0. The molecule has 0 atom stereocenters. The van der Waals surface area contributed by atoms with Crippen LogP contribution >= 0.6 is 0 Å². The molecular formula is C6H5N2NaO7S. The summed E-state index contributed by atoms with van der Waals surface area (Å²) >= 11 is 0. The Balaban J connectivity index is 0. The van der Waals surface area contributed by atoms with Crippen molar-refractivity contribution in [3.63, 3.8) is 0 Å². The first-order valence-corrected chi connectivity index (χ1v) is 5.08. The molecule has 9 nitrogen and oxygen atoms in total. The largest absolute Gasteiger partial charge is 1.00 e. The minimum absolute atomic E-state index is 0. The molecule has 0 fully saturated rings. The Hall–Kier alpha value is -1.07. The summed E-state index contributed by atoms with van der Waals surface area (Å²) in [5, 5.41) is 20.8. The van der Waals surface area contributed by atoms with Gasteiger partial charge in [0.25, 0.3) is 11.4 Å². The molecule has 0 saturated heterocycles. The zero-order chi connectivity index (χ0) is 12.5. The second kappa shape index (κ2) is 5.51. The van der Waals surface area contributed by atoms with E-state index in [-0.39, 0.29) is 31.0 Å². The van der Waals surface area contributed by atoms with Crippen LogP contribution in [0.25, 0.3) is 0 Å². The fourth-order valence-corrected chi connectivity index (χ4v) is 1.62. The predicted molar refractivity (Wildman–Crippen MR) is 50.7 cm³/mol. The minimum atomic E-state index is -4.79.